The lowest BCUT2D eigenvalue weighted by Crippen LogP contribution is -2.17. The largest absolute Gasteiger partial charge is 0.390 e. The van der Waals surface area contributed by atoms with E-state index in [0.717, 1.165) is 12.0 Å². The van der Waals surface area contributed by atoms with Crippen molar-refractivity contribution in [2.75, 3.05) is 6.61 Å². The fourth-order valence-corrected chi connectivity index (χ4v) is 2.04. The van der Waals surface area contributed by atoms with E-state index >= 15 is 0 Å². The first-order valence-electron chi connectivity index (χ1n) is 5.34. The van der Waals surface area contributed by atoms with Crippen LogP contribution in [-0.2, 0) is 9.47 Å². The number of ether oxygens (including phenoxy) is 2. The number of benzene rings is 1. The quantitative estimate of drug-likeness (QED) is 0.756. The van der Waals surface area contributed by atoms with Gasteiger partial charge in [-0.05, 0) is 6.42 Å². The number of hydrogen-bond acceptors (Lipinski definition) is 3. The first kappa shape index (κ1) is 9.33. The Morgan fingerprint density at radius 2 is 2.00 bits per heavy atom. The molecule has 3 rings (SSSR count). The van der Waals surface area contributed by atoms with Gasteiger partial charge in [0, 0.05) is 11.5 Å². The average Bonchev–Trinajstić information content (AvgIpc) is 3.04. The molecule has 1 heterocycles. The van der Waals surface area contributed by atoms with E-state index in [0.29, 0.717) is 12.5 Å². The maximum Gasteiger partial charge on any atom is 0.184 e. The summed E-state index contributed by atoms with van der Waals surface area (Å²) < 4.78 is 11.3. The zero-order valence-electron chi connectivity index (χ0n) is 8.37. The summed E-state index contributed by atoms with van der Waals surface area (Å²) in [7, 11) is 0. The lowest BCUT2D eigenvalue weighted by Gasteiger charge is -2.17. The standard InChI is InChI=1S/C12H14O3/c13-10-7-14-12(15-11-6-9(10)11)8-4-2-1-3-5-8/h1-5,9-13H,6-7H2/t9?,10?,11?,12-/m1/s1. The third-order valence-electron chi connectivity index (χ3n) is 3.06. The summed E-state index contributed by atoms with van der Waals surface area (Å²) in [6, 6.07) is 9.87. The molecule has 4 atom stereocenters. The Morgan fingerprint density at radius 3 is 2.80 bits per heavy atom. The molecule has 80 valence electrons. The molecule has 0 spiro atoms. The van der Waals surface area contributed by atoms with Crippen LogP contribution in [0.5, 0.6) is 0 Å². The molecule has 1 aliphatic carbocycles. The van der Waals surface area contributed by atoms with E-state index in [4.69, 9.17) is 9.47 Å². The van der Waals surface area contributed by atoms with Gasteiger partial charge < -0.3 is 14.6 Å². The van der Waals surface area contributed by atoms with Crippen LogP contribution in [0.2, 0.25) is 0 Å². The minimum absolute atomic E-state index is 0.188. The molecule has 1 aliphatic heterocycles. The van der Waals surface area contributed by atoms with Crippen molar-refractivity contribution in [1.29, 1.82) is 0 Å². The fraction of sp³-hybridized carbons (Fsp3) is 0.500. The van der Waals surface area contributed by atoms with Gasteiger partial charge in [-0.2, -0.15) is 0 Å². The van der Waals surface area contributed by atoms with Crippen LogP contribution in [0.15, 0.2) is 30.3 Å². The summed E-state index contributed by atoms with van der Waals surface area (Å²) >= 11 is 0. The van der Waals surface area contributed by atoms with Gasteiger partial charge in [0.25, 0.3) is 0 Å². The zero-order chi connectivity index (χ0) is 10.3. The van der Waals surface area contributed by atoms with Crippen LogP contribution in [0.1, 0.15) is 18.3 Å². The summed E-state index contributed by atoms with van der Waals surface area (Å²) in [5.74, 6) is 0.290. The molecule has 3 unspecified atom stereocenters. The van der Waals surface area contributed by atoms with E-state index < -0.39 is 0 Å². The highest BCUT2D eigenvalue weighted by Gasteiger charge is 2.47. The molecule has 15 heavy (non-hydrogen) atoms. The molecule has 0 amide bonds. The summed E-state index contributed by atoms with van der Waals surface area (Å²) in [4.78, 5) is 0. The zero-order valence-corrected chi connectivity index (χ0v) is 8.37. The molecule has 1 N–H and O–H groups in total. The maximum absolute atomic E-state index is 9.66. The SMILES string of the molecule is OC1CO[C@@H](c2ccccc2)OC2CC12. The molecule has 1 saturated carbocycles. The Bertz CT molecular complexity index is 338. The van der Waals surface area contributed by atoms with Gasteiger partial charge in [-0.1, -0.05) is 30.3 Å². The van der Waals surface area contributed by atoms with Gasteiger partial charge in [0.05, 0.1) is 18.8 Å². The number of hydrogen-bond donors (Lipinski definition) is 1. The molecule has 3 heteroatoms. The third-order valence-corrected chi connectivity index (χ3v) is 3.06. The smallest absolute Gasteiger partial charge is 0.184 e. The Kier molecular flexibility index (Phi) is 2.24. The van der Waals surface area contributed by atoms with Gasteiger partial charge in [0.1, 0.15) is 0 Å². The van der Waals surface area contributed by atoms with Gasteiger partial charge in [-0.3, -0.25) is 0 Å². The van der Waals surface area contributed by atoms with Crippen molar-refractivity contribution >= 4 is 0 Å². The molecule has 1 aromatic carbocycles. The van der Waals surface area contributed by atoms with Crippen molar-refractivity contribution < 1.29 is 14.6 Å². The monoisotopic (exact) mass is 206 g/mol. The maximum atomic E-state index is 9.66. The van der Waals surface area contributed by atoms with Gasteiger partial charge >= 0.3 is 0 Å². The minimum atomic E-state index is -0.358. The highest BCUT2D eigenvalue weighted by Crippen LogP contribution is 2.43. The van der Waals surface area contributed by atoms with E-state index in [-0.39, 0.29) is 18.5 Å². The molecular weight excluding hydrogens is 192 g/mol. The summed E-state index contributed by atoms with van der Waals surface area (Å²) in [6.07, 6.45) is 0.489. The van der Waals surface area contributed by atoms with Gasteiger partial charge in [-0.25, -0.2) is 0 Å². The van der Waals surface area contributed by atoms with Crippen molar-refractivity contribution in [2.24, 2.45) is 5.92 Å². The molecule has 0 aromatic heterocycles. The molecule has 0 radical (unpaired) electrons. The van der Waals surface area contributed by atoms with E-state index in [1.807, 2.05) is 30.3 Å². The highest BCUT2D eigenvalue weighted by molar-refractivity contribution is 5.16. The molecule has 2 fully saturated rings. The predicted octanol–water partition coefficient (Wildman–Crippen LogP) is 1.48. The second-order valence-electron chi connectivity index (χ2n) is 4.22. The van der Waals surface area contributed by atoms with Crippen molar-refractivity contribution in [3.8, 4) is 0 Å². The van der Waals surface area contributed by atoms with E-state index in [2.05, 4.69) is 0 Å². The predicted molar refractivity (Wildman–Crippen MR) is 54.1 cm³/mol. The molecule has 3 nitrogen and oxygen atoms in total. The molecule has 1 saturated heterocycles. The van der Waals surface area contributed by atoms with Gasteiger partial charge in [0.2, 0.25) is 0 Å². The molecular formula is C12H14O3. The summed E-state index contributed by atoms with van der Waals surface area (Å²) in [5, 5.41) is 9.66. The minimum Gasteiger partial charge on any atom is -0.390 e. The van der Waals surface area contributed by atoms with Crippen molar-refractivity contribution in [3.05, 3.63) is 35.9 Å². The van der Waals surface area contributed by atoms with Gasteiger partial charge in [0.15, 0.2) is 6.29 Å². The van der Waals surface area contributed by atoms with E-state index in [1.54, 1.807) is 0 Å². The average molecular weight is 206 g/mol. The van der Waals surface area contributed by atoms with E-state index in [9.17, 15) is 5.11 Å². The Labute approximate surface area is 88.6 Å². The van der Waals surface area contributed by atoms with Crippen molar-refractivity contribution in [3.63, 3.8) is 0 Å². The lowest BCUT2D eigenvalue weighted by molar-refractivity contribution is -0.150. The lowest BCUT2D eigenvalue weighted by atomic mass is 10.2. The number of fused-ring (bicyclic) bond motifs is 1. The molecule has 0 bridgehead atoms. The van der Waals surface area contributed by atoms with Crippen LogP contribution >= 0.6 is 0 Å². The second-order valence-corrected chi connectivity index (χ2v) is 4.22. The third kappa shape index (κ3) is 1.78. The van der Waals surface area contributed by atoms with Crippen LogP contribution in [0, 0.1) is 5.92 Å². The molecule has 2 aliphatic rings. The van der Waals surface area contributed by atoms with Crippen LogP contribution in [0.25, 0.3) is 0 Å². The van der Waals surface area contributed by atoms with Crippen LogP contribution < -0.4 is 0 Å². The van der Waals surface area contributed by atoms with Crippen LogP contribution in [0.4, 0.5) is 0 Å². The normalized spacial score (nSPS) is 39.3. The van der Waals surface area contributed by atoms with Crippen molar-refractivity contribution in [2.45, 2.75) is 24.9 Å². The Hall–Kier alpha value is -0.900. The summed E-state index contributed by atoms with van der Waals surface area (Å²) in [6.45, 7) is 0.376. The number of aliphatic hydroxyl groups is 1. The number of aliphatic hydroxyl groups excluding tert-OH is 1. The first-order valence-corrected chi connectivity index (χ1v) is 5.34. The van der Waals surface area contributed by atoms with E-state index in [1.165, 1.54) is 0 Å². The number of rotatable bonds is 1. The van der Waals surface area contributed by atoms with Crippen molar-refractivity contribution in [1.82, 2.24) is 0 Å². The van der Waals surface area contributed by atoms with Gasteiger partial charge in [-0.15, -0.1) is 0 Å². The first-order chi connectivity index (χ1) is 7.34. The molecule has 1 aromatic rings. The second kappa shape index (κ2) is 3.59. The topological polar surface area (TPSA) is 38.7 Å². The van der Waals surface area contributed by atoms with Crippen LogP contribution in [-0.4, -0.2) is 23.9 Å². The van der Waals surface area contributed by atoms with Crippen LogP contribution in [0.3, 0.4) is 0 Å². The fourth-order valence-electron chi connectivity index (χ4n) is 2.04. The Morgan fingerprint density at radius 1 is 1.20 bits per heavy atom. The highest BCUT2D eigenvalue weighted by atomic mass is 16.7. The Balaban J connectivity index is 1.77. The summed E-state index contributed by atoms with van der Waals surface area (Å²) in [5.41, 5.74) is 1.03.